The topological polar surface area (TPSA) is 57.0 Å². The Morgan fingerprint density at radius 1 is 1.59 bits per heavy atom. The van der Waals surface area contributed by atoms with Gasteiger partial charge in [0, 0.05) is 25.4 Å². The lowest BCUT2D eigenvalue weighted by Gasteiger charge is -2.19. The van der Waals surface area contributed by atoms with E-state index in [0.717, 1.165) is 6.54 Å². The molecular weight excluding hydrogens is 214 g/mol. The maximum absolute atomic E-state index is 12.1. The number of rotatable bonds is 4. The molecule has 0 aliphatic heterocycles. The quantitative estimate of drug-likeness (QED) is 0.795. The molecule has 1 aromatic rings. The lowest BCUT2D eigenvalue weighted by Crippen LogP contribution is -2.30. The van der Waals surface area contributed by atoms with Crippen LogP contribution < -0.4 is 0 Å². The first-order valence-corrected chi connectivity index (χ1v) is 5.62. The van der Waals surface area contributed by atoms with Crippen LogP contribution in [0.25, 0.3) is 0 Å². The molecule has 1 aromatic heterocycles. The highest BCUT2D eigenvalue weighted by atomic mass is 16.2. The van der Waals surface area contributed by atoms with Gasteiger partial charge in [-0.15, -0.1) is 0 Å². The predicted molar refractivity (Wildman–Crippen MR) is 65.4 cm³/mol. The lowest BCUT2D eigenvalue weighted by molar-refractivity contribution is 0.0779. The highest BCUT2D eigenvalue weighted by Gasteiger charge is 2.13. The van der Waals surface area contributed by atoms with Crippen molar-refractivity contribution in [2.24, 2.45) is 5.92 Å². The first-order chi connectivity index (χ1) is 8.04. The Labute approximate surface area is 102 Å². The van der Waals surface area contributed by atoms with Crippen molar-refractivity contribution in [1.82, 2.24) is 9.88 Å². The van der Waals surface area contributed by atoms with Crippen LogP contribution in [0.4, 0.5) is 0 Å². The van der Waals surface area contributed by atoms with Gasteiger partial charge in [0.1, 0.15) is 0 Å². The Morgan fingerprint density at radius 2 is 2.29 bits per heavy atom. The Kier molecular flexibility index (Phi) is 4.65. The first kappa shape index (κ1) is 13.2. The molecule has 1 amide bonds. The number of amides is 1. The molecule has 0 saturated heterocycles. The van der Waals surface area contributed by atoms with Crippen molar-refractivity contribution in [3.05, 3.63) is 29.6 Å². The average Bonchev–Trinajstić information content (AvgIpc) is 2.28. The smallest absolute Gasteiger partial charge is 0.253 e. The van der Waals surface area contributed by atoms with E-state index < -0.39 is 0 Å². The largest absolute Gasteiger partial charge is 0.341 e. The van der Waals surface area contributed by atoms with Crippen LogP contribution in [-0.4, -0.2) is 29.4 Å². The zero-order valence-electron chi connectivity index (χ0n) is 10.5. The number of hydrogen-bond acceptors (Lipinski definition) is 3. The maximum atomic E-state index is 12.1. The normalized spacial score (nSPS) is 10.1. The fourth-order valence-electron chi connectivity index (χ4n) is 1.64. The molecule has 0 bridgehead atoms. The molecule has 4 nitrogen and oxygen atoms in total. The Balaban J connectivity index is 2.82. The molecule has 90 valence electrons. The van der Waals surface area contributed by atoms with Crippen LogP contribution in [0.2, 0.25) is 0 Å². The van der Waals surface area contributed by atoms with Crippen LogP contribution in [0.1, 0.15) is 29.9 Å². The van der Waals surface area contributed by atoms with Crippen molar-refractivity contribution in [1.29, 1.82) is 5.26 Å². The standard InChI is InChI=1S/C13H17N3O/c1-10(2)9-16(3)13(17)11-5-7-15-12(8-11)4-6-14/h5,7-8,10H,4,9H2,1-3H3. The van der Waals surface area contributed by atoms with Crippen molar-refractivity contribution in [3.63, 3.8) is 0 Å². The Morgan fingerprint density at radius 3 is 2.88 bits per heavy atom. The van der Waals surface area contributed by atoms with Crippen LogP contribution in [-0.2, 0) is 6.42 Å². The summed E-state index contributed by atoms with van der Waals surface area (Å²) >= 11 is 0. The summed E-state index contributed by atoms with van der Waals surface area (Å²) in [5.74, 6) is 0.407. The molecule has 0 aromatic carbocycles. The highest BCUT2D eigenvalue weighted by molar-refractivity contribution is 5.94. The Bertz CT molecular complexity index is 435. The minimum Gasteiger partial charge on any atom is -0.341 e. The molecule has 0 spiro atoms. The molecule has 0 N–H and O–H groups in total. The third kappa shape index (κ3) is 3.87. The number of pyridine rings is 1. The number of nitriles is 1. The van der Waals surface area contributed by atoms with Gasteiger partial charge in [-0.3, -0.25) is 9.78 Å². The van der Waals surface area contributed by atoms with Gasteiger partial charge in [-0.1, -0.05) is 13.8 Å². The fraction of sp³-hybridized carbons (Fsp3) is 0.462. The average molecular weight is 231 g/mol. The van der Waals surface area contributed by atoms with E-state index in [4.69, 9.17) is 5.26 Å². The summed E-state index contributed by atoms with van der Waals surface area (Å²) in [5, 5.41) is 8.59. The van der Waals surface area contributed by atoms with Crippen LogP contribution in [0.5, 0.6) is 0 Å². The number of hydrogen-bond donors (Lipinski definition) is 0. The fourth-order valence-corrected chi connectivity index (χ4v) is 1.64. The van der Waals surface area contributed by atoms with E-state index in [1.165, 1.54) is 0 Å². The van der Waals surface area contributed by atoms with Crippen LogP contribution in [0, 0.1) is 17.2 Å². The number of aromatic nitrogens is 1. The molecule has 0 aliphatic rings. The van der Waals surface area contributed by atoms with Crippen molar-refractivity contribution in [3.8, 4) is 6.07 Å². The molecule has 0 unspecified atom stereocenters. The molecule has 0 radical (unpaired) electrons. The molecule has 0 fully saturated rings. The van der Waals surface area contributed by atoms with Gasteiger partial charge in [0.25, 0.3) is 5.91 Å². The number of carbonyl (C=O) groups excluding carboxylic acids is 1. The van der Waals surface area contributed by atoms with Crippen LogP contribution in [0.15, 0.2) is 18.3 Å². The van der Waals surface area contributed by atoms with Crippen molar-refractivity contribution in [2.75, 3.05) is 13.6 Å². The zero-order valence-corrected chi connectivity index (χ0v) is 10.5. The Hall–Kier alpha value is -1.89. The zero-order chi connectivity index (χ0) is 12.8. The summed E-state index contributed by atoms with van der Waals surface area (Å²) in [5.41, 5.74) is 1.23. The van der Waals surface area contributed by atoms with Gasteiger partial charge < -0.3 is 4.90 Å². The summed E-state index contributed by atoms with van der Waals surface area (Å²) < 4.78 is 0. The van der Waals surface area contributed by atoms with Gasteiger partial charge in [0.05, 0.1) is 18.2 Å². The monoisotopic (exact) mass is 231 g/mol. The number of carbonyl (C=O) groups is 1. The van der Waals surface area contributed by atoms with Gasteiger partial charge in [-0.25, -0.2) is 0 Å². The van der Waals surface area contributed by atoms with Crippen LogP contribution >= 0.6 is 0 Å². The lowest BCUT2D eigenvalue weighted by atomic mass is 10.1. The number of nitrogens with zero attached hydrogens (tertiary/aromatic N) is 3. The molecule has 1 heterocycles. The van der Waals surface area contributed by atoms with Crippen molar-refractivity contribution < 1.29 is 4.79 Å². The summed E-state index contributed by atoms with van der Waals surface area (Å²) in [7, 11) is 1.78. The van der Waals surface area contributed by atoms with Crippen LogP contribution in [0.3, 0.4) is 0 Å². The predicted octanol–water partition coefficient (Wildman–Crippen LogP) is 1.88. The summed E-state index contributed by atoms with van der Waals surface area (Å²) in [6.07, 6.45) is 1.80. The van der Waals surface area contributed by atoms with Gasteiger partial charge in [0.2, 0.25) is 0 Å². The summed E-state index contributed by atoms with van der Waals surface area (Å²) in [4.78, 5) is 17.8. The molecule has 0 saturated carbocycles. The molecular formula is C13H17N3O. The van der Waals surface area contributed by atoms with Gasteiger partial charge in [0.15, 0.2) is 0 Å². The van der Waals surface area contributed by atoms with Gasteiger partial charge in [-0.2, -0.15) is 5.26 Å². The minimum atomic E-state index is -0.0275. The third-order valence-electron chi connectivity index (χ3n) is 2.31. The van der Waals surface area contributed by atoms with Crippen molar-refractivity contribution in [2.45, 2.75) is 20.3 Å². The van der Waals surface area contributed by atoms with E-state index in [1.54, 1.807) is 30.3 Å². The van der Waals surface area contributed by atoms with E-state index in [0.29, 0.717) is 17.2 Å². The summed E-state index contributed by atoms with van der Waals surface area (Å²) in [6.45, 7) is 4.85. The molecule has 17 heavy (non-hydrogen) atoms. The molecule has 0 atom stereocenters. The van der Waals surface area contributed by atoms with E-state index in [2.05, 4.69) is 18.8 Å². The SMILES string of the molecule is CC(C)CN(C)C(=O)c1ccnc(CC#N)c1. The second-order valence-electron chi connectivity index (χ2n) is 4.45. The van der Waals surface area contributed by atoms with E-state index in [-0.39, 0.29) is 12.3 Å². The van der Waals surface area contributed by atoms with E-state index in [1.807, 2.05) is 6.07 Å². The third-order valence-corrected chi connectivity index (χ3v) is 2.31. The van der Waals surface area contributed by atoms with Crippen molar-refractivity contribution >= 4 is 5.91 Å². The van der Waals surface area contributed by atoms with E-state index >= 15 is 0 Å². The van der Waals surface area contributed by atoms with Gasteiger partial charge in [-0.05, 0) is 18.1 Å². The second-order valence-corrected chi connectivity index (χ2v) is 4.45. The maximum Gasteiger partial charge on any atom is 0.253 e. The molecule has 1 rings (SSSR count). The summed E-state index contributed by atoms with van der Waals surface area (Å²) in [6, 6.07) is 5.39. The van der Waals surface area contributed by atoms with Gasteiger partial charge >= 0.3 is 0 Å². The van der Waals surface area contributed by atoms with E-state index in [9.17, 15) is 4.79 Å². The minimum absolute atomic E-state index is 0.0275. The first-order valence-electron chi connectivity index (χ1n) is 5.62. The second kappa shape index (κ2) is 6.00. The molecule has 0 aliphatic carbocycles. The molecule has 4 heteroatoms. The highest BCUT2D eigenvalue weighted by Crippen LogP contribution is 2.07.